The molecule has 0 saturated carbocycles. The minimum Gasteiger partial charge on any atom is -0.350 e. The van der Waals surface area contributed by atoms with E-state index in [1.54, 1.807) is 18.2 Å². The van der Waals surface area contributed by atoms with Crippen LogP contribution in [-0.2, 0) is 5.91 Å². The molecule has 1 aromatic rings. The van der Waals surface area contributed by atoms with Crippen LogP contribution >= 0.6 is 0 Å². The summed E-state index contributed by atoms with van der Waals surface area (Å²) in [7, 11) is 0. The predicted octanol–water partition coefficient (Wildman–Crippen LogP) is -0.460. The van der Waals surface area contributed by atoms with Crippen LogP contribution < -0.4 is 5.73 Å². The van der Waals surface area contributed by atoms with Crippen LogP contribution in [0.2, 0.25) is 0 Å². The van der Waals surface area contributed by atoms with Crippen LogP contribution in [0.25, 0.3) is 0 Å². The highest BCUT2D eigenvalue weighted by Crippen LogP contribution is 2.08. The Bertz CT molecular complexity index is 203. The van der Waals surface area contributed by atoms with Gasteiger partial charge in [0.2, 0.25) is 5.91 Å². The third kappa shape index (κ3) is 1.54. The number of benzene rings is 1. The molecule has 1 aromatic carbocycles. The molecule has 0 aromatic heterocycles. The van der Waals surface area contributed by atoms with Crippen molar-refractivity contribution in [2.75, 3.05) is 0 Å². The molecule has 4 N–H and O–H groups in total. The van der Waals surface area contributed by atoms with E-state index in [0.29, 0.717) is 0 Å². The Labute approximate surface area is 58.7 Å². The van der Waals surface area contributed by atoms with Crippen molar-refractivity contribution < 1.29 is 10.2 Å². The van der Waals surface area contributed by atoms with Crippen molar-refractivity contribution >= 4 is 0 Å². The van der Waals surface area contributed by atoms with E-state index < -0.39 is 5.91 Å². The van der Waals surface area contributed by atoms with Crippen LogP contribution in [0.3, 0.4) is 0 Å². The SMILES string of the molecule is NC(O)(O)c1[c]cccc1. The first-order valence-electron chi connectivity index (χ1n) is 2.81. The molecular weight excluding hydrogens is 130 g/mol. The van der Waals surface area contributed by atoms with Crippen molar-refractivity contribution in [1.82, 2.24) is 0 Å². The van der Waals surface area contributed by atoms with E-state index in [0.717, 1.165) is 0 Å². The second kappa shape index (κ2) is 2.38. The van der Waals surface area contributed by atoms with Crippen molar-refractivity contribution in [3.8, 4) is 0 Å². The molecule has 3 nitrogen and oxygen atoms in total. The lowest BCUT2D eigenvalue weighted by Gasteiger charge is -2.14. The zero-order valence-corrected chi connectivity index (χ0v) is 5.28. The highest BCUT2D eigenvalue weighted by molar-refractivity contribution is 5.16. The van der Waals surface area contributed by atoms with Gasteiger partial charge in [0, 0.05) is 5.56 Å². The van der Waals surface area contributed by atoms with Crippen LogP contribution in [0.4, 0.5) is 0 Å². The van der Waals surface area contributed by atoms with Crippen LogP contribution in [0.1, 0.15) is 5.56 Å². The predicted molar refractivity (Wildman–Crippen MR) is 35.6 cm³/mol. The second-order valence-corrected chi connectivity index (χ2v) is 2.00. The van der Waals surface area contributed by atoms with Gasteiger partial charge in [-0.05, 0) is 6.07 Å². The molecule has 0 aliphatic heterocycles. The number of hydrogen-bond donors (Lipinski definition) is 3. The summed E-state index contributed by atoms with van der Waals surface area (Å²) >= 11 is 0. The van der Waals surface area contributed by atoms with Crippen LogP contribution in [0.15, 0.2) is 24.3 Å². The lowest BCUT2D eigenvalue weighted by Crippen LogP contribution is -2.35. The Morgan fingerprint density at radius 2 is 2.10 bits per heavy atom. The number of aliphatic hydroxyl groups is 2. The molecule has 53 valence electrons. The van der Waals surface area contributed by atoms with Gasteiger partial charge >= 0.3 is 0 Å². The first-order chi connectivity index (χ1) is 4.61. The average Bonchev–Trinajstić information content (AvgIpc) is 1.88. The van der Waals surface area contributed by atoms with E-state index in [1.807, 2.05) is 0 Å². The summed E-state index contributed by atoms with van der Waals surface area (Å²) < 4.78 is 0. The summed E-state index contributed by atoms with van der Waals surface area (Å²) in [5.41, 5.74) is 5.10. The van der Waals surface area contributed by atoms with E-state index in [4.69, 9.17) is 15.9 Å². The van der Waals surface area contributed by atoms with Crippen molar-refractivity contribution in [2.45, 2.75) is 5.91 Å². The molecule has 0 heterocycles. The molecule has 0 unspecified atom stereocenters. The summed E-state index contributed by atoms with van der Waals surface area (Å²) in [4.78, 5) is 0. The smallest absolute Gasteiger partial charge is 0.248 e. The first kappa shape index (κ1) is 7.21. The summed E-state index contributed by atoms with van der Waals surface area (Å²) in [6.45, 7) is 0. The molecule has 0 saturated heterocycles. The van der Waals surface area contributed by atoms with Gasteiger partial charge in [-0.1, -0.05) is 24.3 Å². The highest BCUT2D eigenvalue weighted by atomic mass is 16.5. The third-order valence-corrected chi connectivity index (χ3v) is 1.11. The standard InChI is InChI=1S/C7H8NO2/c8-7(9,10)6-4-2-1-3-5-6/h1-4,9-10H,8H2. The van der Waals surface area contributed by atoms with Crippen molar-refractivity contribution in [3.05, 3.63) is 35.9 Å². The van der Waals surface area contributed by atoms with E-state index in [9.17, 15) is 0 Å². The third-order valence-electron chi connectivity index (χ3n) is 1.11. The van der Waals surface area contributed by atoms with Crippen molar-refractivity contribution in [3.63, 3.8) is 0 Å². The number of hydrogen-bond acceptors (Lipinski definition) is 3. The van der Waals surface area contributed by atoms with E-state index in [-0.39, 0.29) is 5.56 Å². The van der Waals surface area contributed by atoms with Crippen molar-refractivity contribution in [1.29, 1.82) is 0 Å². The number of nitrogens with two attached hydrogens (primary N) is 1. The molecule has 0 bridgehead atoms. The summed E-state index contributed by atoms with van der Waals surface area (Å²) in [6.07, 6.45) is 0. The highest BCUT2D eigenvalue weighted by Gasteiger charge is 2.17. The molecule has 0 aliphatic rings. The lowest BCUT2D eigenvalue weighted by molar-refractivity contribution is -0.164. The average molecular weight is 138 g/mol. The molecule has 1 rings (SSSR count). The minimum atomic E-state index is -2.26. The van der Waals surface area contributed by atoms with Gasteiger partial charge in [0.15, 0.2) is 0 Å². The molecule has 0 spiro atoms. The largest absolute Gasteiger partial charge is 0.350 e. The van der Waals surface area contributed by atoms with E-state index in [2.05, 4.69) is 6.07 Å². The van der Waals surface area contributed by atoms with Crippen molar-refractivity contribution in [2.24, 2.45) is 5.73 Å². The normalized spacial score (nSPS) is 11.5. The van der Waals surface area contributed by atoms with Gasteiger partial charge in [-0.15, -0.1) is 0 Å². The molecule has 1 radical (unpaired) electrons. The van der Waals surface area contributed by atoms with Gasteiger partial charge < -0.3 is 10.2 Å². The number of rotatable bonds is 1. The monoisotopic (exact) mass is 138 g/mol. The van der Waals surface area contributed by atoms with Gasteiger partial charge in [-0.3, -0.25) is 5.73 Å². The van der Waals surface area contributed by atoms with Crippen LogP contribution in [0, 0.1) is 6.07 Å². The summed E-state index contributed by atoms with van der Waals surface area (Å²) in [5.74, 6) is -2.26. The second-order valence-electron chi connectivity index (χ2n) is 2.00. The molecular formula is C7H8NO2. The van der Waals surface area contributed by atoms with Gasteiger partial charge in [0.05, 0.1) is 0 Å². The van der Waals surface area contributed by atoms with Gasteiger partial charge in [0.25, 0.3) is 0 Å². The fourth-order valence-corrected chi connectivity index (χ4v) is 0.622. The molecule has 0 aliphatic carbocycles. The van der Waals surface area contributed by atoms with E-state index in [1.165, 1.54) is 6.07 Å². The maximum Gasteiger partial charge on any atom is 0.248 e. The molecule has 0 amide bonds. The summed E-state index contributed by atoms with van der Waals surface area (Å²) in [6, 6.07) is 9.00. The topological polar surface area (TPSA) is 66.5 Å². The maximum atomic E-state index is 8.79. The van der Waals surface area contributed by atoms with Crippen LogP contribution in [-0.4, -0.2) is 10.2 Å². The minimum absolute atomic E-state index is 0.162. The van der Waals surface area contributed by atoms with Gasteiger partial charge in [0.1, 0.15) is 0 Å². The first-order valence-corrected chi connectivity index (χ1v) is 2.81. The lowest BCUT2D eigenvalue weighted by atomic mass is 10.2. The fraction of sp³-hybridized carbons (Fsp3) is 0.143. The molecule has 3 heteroatoms. The Balaban J connectivity index is 2.97. The quantitative estimate of drug-likeness (QED) is 0.460. The zero-order valence-electron chi connectivity index (χ0n) is 5.28. The Morgan fingerprint density at radius 3 is 2.40 bits per heavy atom. The van der Waals surface area contributed by atoms with Gasteiger partial charge in [-0.25, -0.2) is 0 Å². The summed E-state index contributed by atoms with van der Waals surface area (Å²) in [5, 5.41) is 17.6. The zero-order chi connectivity index (χ0) is 7.61. The molecule has 0 fully saturated rings. The maximum absolute atomic E-state index is 8.79. The molecule has 0 atom stereocenters. The van der Waals surface area contributed by atoms with Crippen LogP contribution in [0.5, 0.6) is 0 Å². The Morgan fingerprint density at radius 1 is 1.40 bits per heavy atom. The fourth-order valence-electron chi connectivity index (χ4n) is 0.622. The Hall–Kier alpha value is -0.900. The van der Waals surface area contributed by atoms with E-state index >= 15 is 0 Å². The molecule has 10 heavy (non-hydrogen) atoms. The Kier molecular flexibility index (Phi) is 1.72. The van der Waals surface area contributed by atoms with Gasteiger partial charge in [-0.2, -0.15) is 0 Å².